The summed E-state index contributed by atoms with van der Waals surface area (Å²) < 4.78 is 0. The van der Waals surface area contributed by atoms with Crippen LogP contribution in [0.2, 0.25) is 0 Å². The number of hydrogen-bond donors (Lipinski definition) is 3. The normalized spacial score (nSPS) is 24.8. The monoisotopic (exact) mass is 332 g/mol. The van der Waals surface area contributed by atoms with Gasteiger partial charge in [0.05, 0.1) is 6.10 Å². The zero-order chi connectivity index (χ0) is 16.9. The van der Waals surface area contributed by atoms with Gasteiger partial charge >= 0.3 is 6.03 Å². The number of aliphatic hydroxyl groups is 1. The molecule has 1 saturated carbocycles. The highest BCUT2D eigenvalue weighted by Crippen LogP contribution is 2.24. The van der Waals surface area contributed by atoms with Gasteiger partial charge in [0.2, 0.25) is 0 Å². The number of aliphatic hydroxyl groups excluding tert-OH is 1. The quantitative estimate of drug-likeness (QED) is 0.786. The highest BCUT2D eigenvalue weighted by atomic mass is 16.3. The van der Waals surface area contributed by atoms with Crippen LogP contribution >= 0.6 is 0 Å². The molecular formula is C18H28N4O2. The van der Waals surface area contributed by atoms with Crippen molar-refractivity contribution in [1.29, 1.82) is 0 Å². The molecule has 0 unspecified atom stereocenters. The molecule has 132 valence electrons. The second kappa shape index (κ2) is 7.83. The van der Waals surface area contributed by atoms with Crippen LogP contribution in [-0.4, -0.2) is 47.9 Å². The molecule has 1 aliphatic carbocycles. The molecule has 0 radical (unpaired) electrons. The Morgan fingerprint density at radius 3 is 2.71 bits per heavy atom. The largest absolute Gasteiger partial charge is 0.393 e. The zero-order valence-electron chi connectivity index (χ0n) is 14.4. The Labute approximate surface area is 143 Å². The zero-order valence-corrected chi connectivity index (χ0v) is 14.4. The molecule has 1 aromatic heterocycles. The Morgan fingerprint density at radius 1 is 1.29 bits per heavy atom. The Balaban J connectivity index is 1.38. The van der Waals surface area contributed by atoms with Crippen LogP contribution < -0.4 is 15.5 Å². The summed E-state index contributed by atoms with van der Waals surface area (Å²) in [6, 6.07) is 4.24. The van der Waals surface area contributed by atoms with E-state index in [4.69, 9.17) is 0 Å². The number of carbonyl (C=O) groups excluding carboxylic acids is 1. The van der Waals surface area contributed by atoms with E-state index >= 15 is 0 Å². The summed E-state index contributed by atoms with van der Waals surface area (Å²) in [5.41, 5.74) is 1.17. The fraction of sp³-hybridized carbons (Fsp3) is 0.667. The summed E-state index contributed by atoms with van der Waals surface area (Å²) in [6.07, 6.45) is 6.41. The van der Waals surface area contributed by atoms with Crippen LogP contribution in [0.4, 0.5) is 10.6 Å². The third-order valence-electron chi connectivity index (χ3n) is 5.19. The summed E-state index contributed by atoms with van der Waals surface area (Å²) in [4.78, 5) is 18.8. The van der Waals surface area contributed by atoms with Crippen LogP contribution in [0.25, 0.3) is 0 Å². The van der Waals surface area contributed by atoms with Gasteiger partial charge < -0.3 is 20.6 Å². The molecule has 24 heavy (non-hydrogen) atoms. The van der Waals surface area contributed by atoms with Crippen molar-refractivity contribution in [3.63, 3.8) is 0 Å². The van der Waals surface area contributed by atoms with E-state index in [2.05, 4.69) is 32.7 Å². The molecule has 3 rings (SSSR count). The SMILES string of the molecule is Cc1ccc(N2CCC(NC(=O)NC[C@H]3CCC[C@H]3O)CC2)nc1. The topological polar surface area (TPSA) is 77.5 Å². The van der Waals surface area contributed by atoms with Gasteiger partial charge in [0.25, 0.3) is 0 Å². The molecule has 2 aliphatic rings. The lowest BCUT2D eigenvalue weighted by atomic mass is 10.0. The Morgan fingerprint density at radius 2 is 2.08 bits per heavy atom. The van der Waals surface area contributed by atoms with E-state index in [0.29, 0.717) is 6.54 Å². The number of nitrogens with one attached hydrogen (secondary N) is 2. The fourth-order valence-corrected chi connectivity index (χ4v) is 3.62. The third kappa shape index (κ3) is 4.38. The van der Waals surface area contributed by atoms with E-state index in [0.717, 1.165) is 51.0 Å². The number of rotatable bonds is 4. The van der Waals surface area contributed by atoms with Gasteiger partial charge in [0.15, 0.2) is 0 Å². The van der Waals surface area contributed by atoms with Crippen molar-refractivity contribution in [3.05, 3.63) is 23.9 Å². The minimum absolute atomic E-state index is 0.110. The summed E-state index contributed by atoms with van der Waals surface area (Å²) in [7, 11) is 0. The molecule has 1 aromatic rings. The molecule has 0 bridgehead atoms. The highest BCUT2D eigenvalue weighted by Gasteiger charge is 2.26. The van der Waals surface area contributed by atoms with E-state index in [1.165, 1.54) is 5.56 Å². The maximum absolute atomic E-state index is 12.0. The first-order valence-corrected chi connectivity index (χ1v) is 9.02. The van der Waals surface area contributed by atoms with Gasteiger partial charge in [0, 0.05) is 37.8 Å². The van der Waals surface area contributed by atoms with Crippen molar-refractivity contribution in [3.8, 4) is 0 Å². The molecule has 2 amide bonds. The van der Waals surface area contributed by atoms with Crippen LogP contribution in [0, 0.1) is 12.8 Å². The number of pyridine rings is 1. The number of carbonyl (C=O) groups is 1. The standard InChI is InChI=1S/C18H28N4O2/c1-13-5-6-17(19-11-13)22-9-7-15(8-10-22)21-18(24)20-12-14-3-2-4-16(14)23/h5-6,11,14-16,23H,2-4,7-10,12H2,1H3,(H2,20,21,24)/t14-,16-/m1/s1. The molecule has 1 saturated heterocycles. The van der Waals surface area contributed by atoms with Gasteiger partial charge in [-0.1, -0.05) is 12.5 Å². The summed E-state index contributed by atoms with van der Waals surface area (Å²) in [5.74, 6) is 1.23. The number of aryl methyl sites for hydroxylation is 1. The number of aromatic nitrogens is 1. The van der Waals surface area contributed by atoms with Crippen molar-refractivity contribution in [1.82, 2.24) is 15.6 Å². The van der Waals surface area contributed by atoms with E-state index < -0.39 is 0 Å². The van der Waals surface area contributed by atoms with Gasteiger partial charge in [-0.25, -0.2) is 9.78 Å². The lowest BCUT2D eigenvalue weighted by molar-refractivity contribution is 0.132. The molecule has 2 atom stereocenters. The van der Waals surface area contributed by atoms with E-state index in [9.17, 15) is 9.90 Å². The first kappa shape index (κ1) is 17.0. The second-order valence-corrected chi connectivity index (χ2v) is 7.07. The number of nitrogens with zero attached hydrogens (tertiary/aromatic N) is 2. The van der Waals surface area contributed by atoms with Crippen molar-refractivity contribution >= 4 is 11.8 Å². The van der Waals surface area contributed by atoms with Crippen molar-refractivity contribution < 1.29 is 9.90 Å². The van der Waals surface area contributed by atoms with E-state index in [-0.39, 0.29) is 24.1 Å². The van der Waals surface area contributed by atoms with E-state index in [1.54, 1.807) is 0 Å². The summed E-state index contributed by atoms with van der Waals surface area (Å²) in [5, 5.41) is 15.8. The molecular weight excluding hydrogens is 304 g/mol. The maximum atomic E-state index is 12.0. The van der Waals surface area contributed by atoms with Crippen molar-refractivity contribution in [2.45, 2.75) is 51.2 Å². The Hall–Kier alpha value is -1.82. The minimum atomic E-state index is -0.254. The fourth-order valence-electron chi connectivity index (χ4n) is 3.62. The molecule has 1 aliphatic heterocycles. The first-order chi connectivity index (χ1) is 11.6. The maximum Gasteiger partial charge on any atom is 0.315 e. The van der Waals surface area contributed by atoms with Crippen molar-refractivity contribution in [2.75, 3.05) is 24.5 Å². The molecule has 6 heteroatoms. The molecule has 0 aromatic carbocycles. The average molecular weight is 332 g/mol. The van der Waals surface area contributed by atoms with Gasteiger partial charge in [-0.15, -0.1) is 0 Å². The van der Waals surface area contributed by atoms with Gasteiger partial charge in [-0.2, -0.15) is 0 Å². The number of hydrogen-bond acceptors (Lipinski definition) is 4. The molecule has 6 nitrogen and oxygen atoms in total. The van der Waals surface area contributed by atoms with Crippen LogP contribution in [0.3, 0.4) is 0 Å². The molecule has 2 heterocycles. The smallest absolute Gasteiger partial charge is 0.315 e. The van der Waals surface area contributed by atoms with E-state index in [1.807, 2.05) is 13.1 Å². The van der Waals surface area contributed by atoms with Gasteiger partial charge in [-0.05, 0) is 44.2 Å². The summed E-state index contributed by atoms with van der Waals surface area (Å²) >= 11 is 0. The average Bonchev–Trinajstić information content (AvgIpc) is 3.00. The number of anilines is 1. The lowest BCUT2D eigenvalue weighted by Gasteiger charge is -2.33. The number of amides is 2. The summed E-state index contributed by atoms with van der Waals surface area (Å²) in [6.45, 7) is 4.42. The molecule has 3 N–H and O–H groups in total. The highest BCUT2D eigenvalue weighted by molar-refractivity contribution is 5.74. The predicted octanol–water partition coefficient (Wildman–Crippen LogP) is 1.82. The molecule has 0 spiro atoms. The second-order valence-electron chi connectivity index (χ2n) is 7.07. The van der Waals surface area contributed by atoms with Crippen LogP contribution in [-0.2, 0) is 0 Å². The minimum Gasteiger partial charge on any atom is -0.393 e. The lowest BCUT2D eigenvalue weighted by Crippen LogP contribution is -2.49. The van der Waals surface area contributed by atoms with Gasteiger partial charge in [0.1, 0.15) is 5.82 Å². The number of piperidine rings is 1. The predicted molar refractivity (Wildman–Crippen MR) is 94.1 cm³/mol. The molecule has 2 fully saturated rings. The van der Waals surface area contributed by atoms with Crippen LogP contribution in [0.15, 0.2) is 18.3 Å². The van der Waals surface area contributed by atoms with Crippen molar-refractivity contribution in [2.24, 2.45) is 5.92 Å². The third-order valence-corrected chi connectivity index (χ3v) is 5.19. The Bertz CT molecular complexity index is 540. The number of urea groups is 1. The van der Waals surface area contributed by atoms with Crippen LogP contribution in [0.5, 0.6) is 0 Å². The van der Waals surface area contributed by atoms with Gasteiger partial charge in [-0.3, -0.25) is 0 Å². The Kier molecular flexibility index (Phi) is 5.56. The first-order valence-electron chi connectivity index (χ1n) is 9.02. The van der Waals surface area contributed by atoms with Crippen LogP contribution in [0.1, 0.15) is 37.7 Å².